The maximum atomic E-state index is 10.2. The van der Waals surface area contributed by atoms with Crippen LogP contribution in [0, 0.1) is 6.92 Å². The second-order valence-corrected chi connectivity index (χ2v) is 5.96. The molecule has 1 amide bonds. The third kappa shape index (κ3) is 3.90. The number of carbonyl (C=O) groups is 1. The van der Waals surface area contributed by atoms with Crippen molar-refractivity contribution in [2.75, 3.05) is 13.1 Å². The van der Waals surface area contributed by atoms with Crippen molar-refractivity contribution in [1.82, 2.24) is 14.9 Å². The number of nitrogens with zero attached hydrogens (tertiary/aromatic N) is 2. The summed E-state index contributed by atoms with van der Waals surface area (Å²) in [5.41, 5.74) is 3.87. The van der Waals surface area contributed by atoms with Crippen LogP contribution in [-0.4, -0.2) is 34.4 Å². The Balaban J connectivity index is 0.000000143. The fourth-order valence-electron chi connectivity index (χ4n) is 2.65. The van der Waals surface area contributed by atoms with E-state index >= 15 is 0 Å². The maximum absolute atomic E-state index is 10.2. The van der Waals surface area contributed by atoms with Gasteiger partial charge in [0, 0.05) is 25.5 Å². The first-order valence-corrected chi connectivity index (χ1v) is 8.07. The number of rotatable bonds is 3. The van der Waals surface area contributed by atoms with Gasteiger partial charge in [-0.05, 0) is 18.1 Å². The molecule has 24 heavy (non-hydrogen) atoms. The molecule has 122 valence electrons. The smallest absolute Gasteiger partial charge is 0.209 e. The lowest BCUT2D eigenvalue weighted by molar-refractivity contribution is -0.122. The zero-order valence-corrected chi connectivity index (χ0v) is 13.7. The van der Waals surface area contributed by atoms with Gasteiger partial charge in [-0.1, -0.05) is 60.2 Å². The van der Waals surface area contributed by atoms with Crippen LogP contribution in [0.25, 0.3) is 11.1 Å². The first-order valence-electron chi connectivity index (χ1n) is 8.07. The van der Waals surface area contributed by atoms with E-state index in [1.165, 1.54) is 16.7 Å². The molecule has 3 aromatic rings. The predicted molar refractivity (Wildman–Crippen MR) is 95.6 cm³/mol. The molecule has 4 nitrogen and oxygen atoms in total. The zero-order valence-electron chi connectivity index (χ0n) is 13.7. The molecular formula is C20H21N3O. The number of nitrogens with one attached hydrogen (secondary N) is 1. The Kier molecular flexibility index (Phi) is 5.06. The van der Waals surface area contributed by atoms with Gasteiger partial charge < -0.3 is 9.88 Å². The van der Waals surface area contributed by atoms with Gasteiger partial charge in [-0.2, -0.15) is 0 Å². The Labute approximate surface area is 142 Å². The summed E-state index contributed by atoms with van der Waals surface area (Å²) in [5, 5.41) is 0. The van der Waals surface area contributed by atoms with Gasteiger partial charge >= 0.3 is 0 Å². The number of aryl methyl sites for hydroxylation is 1. The molecule has 0 unspecified atom stereocenters. The van der Waals surface area contributed by atoms with Gasteiger partial charge in [0.15, 0.2) is 0 Å². The highest BCUT2D eigenvalue weighted by molar-refractivity contribution is 5.63. The molecule has 2 aromatic carbocycles. The minimum atomic E-state index is 0.426. The molecule has 0 atom stereocenters. The molecule has 1 fully saturated rings. The Hall–Kier alpha value is -2.88. The number of aromatic amines is 1. The van der Waals surface area contributed by atoms with E-state index in [0.717, 1.165) is 25.3 Å². The number of likely N-dealkylation sites (tertiary alicyclic amines) is 1. The SMILES string of the molecule is Cc1ccc(-c2ccccc2)cc1.O=CN1CC(c2ncc[nH]2)C1. The van der Waals surface area contributed by atoms with Crippen molar-refractivity contribution >= 4 is 6.41 Å². The first-order chi connectivity index (χ1) is 11.8. The molecule has 0 radical (unpaired) electrons. The second kappa shape index (κ2) is 7.59. The molecule has 2 heterocycles. The van der Waals surface area contributed by atoms with Gasteiger partial charge in [0.1, 0.15) is 5.82 Å². The third-order valence-electron chi connectivity index (χ3n) is 4.12. The number of imidazole rings is 1. The van der Waals surface area contributed by atoms with Crippen molar-refractivity contribution < 1.29 is 4.79 Å². The largest absolute Gasteiger partial charge is 0.348 e. The molecule has 0 saturated carbocycles. The van der Waals surface area contributed by atoms with Gasteiger partial charge in [-0.3, -0.25) is 4.79 Å². The number of carbonyl (C=O) groups excluding carboxylic acids is 1. The minimum Gasteiger partial charge on any atom is -0.348 e. The van der Waals surface area contributed by atoms with Crippen LogP contribution in [0.15, 0.2) is 67.0 Å². The van der Waals surface area contributed by atoms with Crippen LogP contribution in [0.3, 0.4) is 0 Å². The molecule has 4 rings (SSSR count). The second-order valence-electron chi connectivity index (χ2n) is 5.96. The number of benzene rings is 2. The highest BCUT2D eigenvalue weighted by Gasteiger charge is 2.28. The summed E-state index contributed by atoms with van der Waals surface area (Å²) in [5.74, 6) is 1.42. The Morgan fingerprint density at radius 2 is 1.71 bits per heavy atom. The zero-order chi connectivity index (χ0) is 16.8. The summed E-state index contributed by atoms with van der Waals surface area (Å²) in [4.78, 5) is 19.1. The van der Waals surface area contributed by atoms with Crippen LogP contribution in [0.1, 0.15) is 17.3 Å². The molecule has 1 saturated heterocycles. The number of hydrogen-bond donors (Lipinski definition) is 1. The highest BCUT2D eigenvalue weighted by Crippen LogP contribution is 2.22. The molecule has 0 bridgehead atoms. The number of hydrogen-bond acceptors (Lipinski definition) is 2. The van der Waals surface area contributed by atoms with Crippen molar-refractivity contribution in [1.29, 1.82) is 0 Å². The van der Waals surface area contributed by atoms with E-state index in [-0.39, 0.29) is 0 Å². The Morgan fingerprint density at radius 1 is 1.04 bits per heavy atom. The van der Waals surface area contributed by atoms with Gasteiger partial charge in [0.05, 0.1) is 5.92 Å². The maximum Gasteiger partial charge on any atom is 0.209 e. The van der Waals surface area contributed by atoms with E-state index < -0.39 is 0 Å². The summed E-state index contributed by atoms with van der Waals surface area (Å²) in [7, 11) is 0. The molecule has 0 aliphatic carbocycles. The lowest BCUT2D eigenvalue weighted by Crippen LogP contribution is -2.44. The van der Waals surface area contributed by atoms with E-state index in [1.54, 1.807) is 17.3 Å². The van der Waals surface area contributed by atoms with Crippen molar-refractivity contribution in [2.45, 2.75) is 12.8 Å². The number of H-pyrrole nitrogens is 1. The fraction of sp³-hybridized carbons (Fsp3) is 0.200. The average molecular weight is 319 g/mol. The van der Waals surface area contributed by atoms with Crippen LogP contribution in [0.5, 0.6) is 0 Å². The van der Waals surface area contributed by atoms with Crippen LogP contribution in [-0.2, 0) is 4.79 Å². The molecular weight excluding hydrogens is 298 g/mol. The topological polar surface area (TPSA) is 49.0 Å². The van der Waals surface area contributed by atoms with Gasteiger partial charge in [-0.25, -0.2) is 4.98 Å². The van der Waals surface area contributed by atoms with Crippen LogP contribution in [0.2, 0.25) is 0 Å². The quantitative estimate of drug-likeness (QED) is 0.750. The van der Waals surface area contributed by atoms with Crippen molar-refractivity contribution in [2.24, 2.45) is 0 Å². The summed E-state index contributed by atoms with van der Waals surface area (Å²) in [6.07, 6.45) is 4.41. The molecule has 1 N–H and O–H groups in total. The Morgan fingerprint density at radius 3 is 2.29 bits per heavy atom. The van der Waals surface area contributed by atoms with Gasteiger partial charge in [-0.15, -0.1) is 0 Å². The molecule has 1 aromatic heterocycles. The summed E-state index contributed by atoms with van der Waals surface area (Å²) >= 11 is 0. The van der Waals surface area contributed by atoms with Crippen LogP contribution < -0.4 is 0 Å². The molecule has 1 aliphatic rings. The highest BCUT2D eigenvalue weighted by atomic mass is 16.1. The van der Waals surface area contributed by atoms with E-state index in [9.17, 15) is 4.79 Å². The van der Waals surface area contributed by atoms with E-state index in [4.69, 9.17) is 0 Å². The lowest BCUT2D eigenvalue weighted by Gasteiger charge is -2.34. The normalized spacial score (nSPS) is 13.6. The third-order valence-corrected chi connectivity index (χ3v) is 4.12. The summed E-state index contributed by atoms with van der Waals surface area (Å²) in [6, 6.07) is 19.0. The minimum absolute atomic E-state index is 0.426. The van der Waals surface area contributed by atoms with Gasteiger partial charge in [0.2, 0.25) is 6.41 Å². The van der Waals surface area contributed by atoms with E-state index in [0.29, 0.717) is 5.92 Å². The molecule has 4 heteroatoms. The molecule has 1 aliphatic heterocycles. The number of amides is 1. The van der Waals surface area contributed by atoms with Crippen molar-refractivity contribution in [3.8, 4) is 11.1 Å². The van der Waals surface area contributed by atoms with Gasteiger partial charge in [0.25, 0.3) is 0 Å². The lowest BCUT2D eigenvalue weighted by atomic mass is 10.0. The average Bonchev–Trinajstić information content (AvgIpc) is 3.10. The molecule has 0 spiro atoms. The van der Waals surface area contributed by atoms with Crippen LogP contribution >= 0.6 is 0 Å². The fourth-order valence-corrected chi connectivity index (χ4v) is 2.65. The Bertz CT molecular complexity index is 745. The standard InChI is InChI=1S/C13H12.C7H9N3O/c1-11-7-9-13(10-8-11)12-5-3-2-4-6-12;11-5-10-3-6(4-10)7-8-1-2-9-7/h2-10H,1H3;1-2,5-6H,3-4H2,(H,8,9). The van der Waals surface area contributed by atoms with Crippen molar-refractivity contribution in [3.63, 3.8) is 0 Å². The van der Waals surface area contributed by atoms with Crippen molar-refractivity contribution in [3.05, 3.63) is 78.4 Å². The predicted octanol–water partition coefficient (Wildman–Crippen LogP) is 3.63. The van der Waals surface area contributed by atoms with E-state index in [2.05, 4.69) is 65.4 Å². The number of aromatic nitrogens is 2. The summed E-state index contributed by atoms with van der Waals surface area (Å²) in [6.45, 7) is 3.71. The summed E-state index contributed by atoms with van der Waals surface area (Å²) < 4.78 is 0. The first kappa shape index (κ1) is 16.0. The monoisotopic (exact) mass is 319 g/mol. The van der Waals surface area contributed by atoms with E-state index in [1.807, 2.05) is 6.07 Å². The van der Waals surface area contributed by atoms with Crippen LogP contribution in [0.4, 0.5) is 0 Å².